The Balaban J connectivity index is 3.07. The van der Waals surface area contributed by atoms with Crippen LogP contribution >= 0.6 is 30.9 Å². The molecule has 154 valence electrons. The number of hydrogen-bond donors (Lipinski definition) is 1. The standard InChI is InChI=1S/C18H29Cl2N2O4P/c1-3-4-14-26-27(24,22(12-10-19)13-11-20)21-17(18(23)25-2)15-16-8-6-5-7-9-16/h5-9,17H,3-4,10-15H2,1-2H3,(H,21,24). The molecule has 0 amide bonds. The predicted octanol–water partition coefficient (Wildman–Crippen LogP) is 4.06. The van der Waals surface area contributed by atoms with E-state index in [4.69, 9.17) is 32.5 Å². The summed E-state index contributed by atoms with van der Waals surface area (Å²) >= 11 is 11.7. The zero-order valence-corrected chi connectivity index (χ0v) is 18.3. The summed E-state index contributed by atoms with van der Waals surface area (Å²) in [4.78, 5) is 12.3. The number of alkyl halides is 2. The monoisotopic (exact) mass is 438 g/mol. The molecule has 0 aliphatic rings. The van der Waals surface area contributed by atoms with Crippen molar-refractivity contribution < 1.29 is 18.6 Å². The zero-order valence-electron chi connectivity index (χ0n) is 15.9. The second kappa shape index (κ2) is 13.5. The fourth-order valence-electron chi connectivity index (χ4n) is 2.47. The molecule has 0 aliphatic heterocycles. The van der Waals surface area contributed by atoms with Gasteiger partial charge in [0.25, 0.3) is 0 Å². The maximum Gasteiger partial charge on any atom is 0.344 e. The van der Waals surface area contributed by atoms with Crippen molar-refractivity contribution in [2.75, 3.05) is 38.6 Å². The second-order valence-electron chi connectivity index (χ2n) is 5.93. The van der Waals surface area contributed by atoms with Crippen LogP contribution in [-0.2, 0) is 25.0 Å². The molecule has 0 heterocycles. The first kappa shape index (κ1) is 24.4. The molecule has 27 heavy (non-hydrogen) atoms. The number of carbonyl (C=O) groups excluding carboxylic acids is 1. The van der Waals surface area contributed by atoms with Gasteiger partial charge in [-0.05, 0) is 18.4 Å². The molecule has 1 aromatic rings. The van der Waals surface area contributed by atoms with Gasteiger partial charge in [-0.1, -0.05) is 43.7 Å². The minimum Gasteiger partial charge on any atom is -0.468 e. The number of esters is 1. The number of hydrogen-bond acceptors (Lipinski definition) is 4. The van der Waals surface area contributed by atoms with E-state index in [2.05, 4.69) is 5.09 Å². The van der Waals surface area contributed by atoms with Crippen molar-refractivity contribution in [3.05, 3.63) is 35.9 Å². The maximum absolute atomic E-state index is 13.7. The quantitative estimate of drug-likeness (QED) is 0.204. The number of nitrogens with zero attached hydrogens (tertiary/aromatic N) is 1. The summed E-state index contributed by atoms with van der Waals surface area (Å²) in [5, 5.41) is 2.93. The van der Waals surface area contributed by atoms with Gasteiger partial charge in [-0.2, -0.15) is 0 Å². The van der Waals surface area contributed by atoms with Gasteiger partial charge >= 0.3 is 13.6 Å². The molecule has 9 heteroatoms. The predicted molar refractivity (Wildman–Crippen MR) is 111 cm³/mol. The highest BCUT2D eigenvalue weighted by molar-refractivity contribution is 7.54. The molecular formula is C18H29Cl2N2O4P. The molecule has 0 aliphatic carbocycles. The number of methoxy groups -OCH3 is 1. The van der Waals surface area contributed by atoms with Gasteiger partial charge < -0.3 is 9.26 Å². The number of halogens is 2. The van der Waals surface area contributed by atoms with Gasteiger partial charge in [0.15, 0.2) is 0 Å². The topological polar surface area (TPSA) is 67.9 Å². The lowest BCUT2D eigenvalue weighted by atomic mass is 10.1. The lowest BCUT2D eigenvalue weighted by Gasteiger charge is -2.32. The highest BCUT2D eigenvalue weighted by Crippen LogP contribution is 2.47. The van der Waals surface area contributed by atoms with Crippen LogP contribution in [0.2, 0.25) is 0 Å². The molecule has 6 nitrogen and oxygen atoms in total. The van der Waals surface area contributed by atoms with Crippen molar-refractivity contribution in [2.24, 2.45) is 0 Å². The van der Waals surface area contributed by atoms with Crippen LogP contribution in [-0.4, -0.2) is 55.2 Å². The van der Waals surface area contributed by atoms with Gasteiger partial charge in [0.1, 0.15) is 6.04 Å². The first-order valence-electron chi connectivity index (χ1n) is 9.02. The SMILES string of the molecule is CCCCOP(=O)(NC(Cc1ccccc1)C(=O)OC)N(CCCl)CCCl. The molecule has 1 rings (SSSR count). The van der Waals surface area contributed by atoms with Gasteiger partial charge in [-0.25, -0.2) is 9.76 Å². The minimum absolute atomic E-state index is 0.265. The molecule has 0 saturated carbocycles. The Morgan fingerprint density at radius 2 is 1.85 bits per heavy atom. The lowest BCUT2D eigenvalue weighted by molar-refractivity contribution is -0.142. The van der Waals surface area contributed by atoms with Crippen molar-refractivity contribution >= 4 is 36.8 Å². The largest absolute Gasteiger partial charge is 0.468 e. The molecule has 0 bridgehead atoms. The maximum atomic E-state index is 13.7. The van der Waals surface area contributed by atoms with Crippen LogP contribution in [0.1, 0.15) is 25.3 Å². The highest BCUT2D eigenvalue weighted by atomic mass is 35.5. The van der Waals surface area contributed by atoms with E-state index >= 15 is 0 Å². The Bertz CT molecular complexity index is 586. The number of unbranched alkanes of at least 4 members (excludes halogenated alkanes) is 1. The first-order chi connectivity index (χ1) is 13.0. The van der Waals surface area contributed by atoms with Gasteiger partial charge in [-0.15, -0.1) is 23.2 Å². The first-order valence-corrected chi connectivity index (χ1v) is 11.7. The van der Waals surface area contributed by atoms with E-state index in [9.17, 15) is 9.36 Å². The highest BCUT2D eigenvalue weighted by Gasteiger charge is 2.36. The van der Waals surface area contributed by atoms with Crippen molar-refractivity contribution in [1.82, 2.24) is 9.76 Å². The van der Waals surface area contributed by atoms with E-state index in [0.717, 1.165) is 18.4 Å². The Labute approximate surface area is 172 Å². The normalized spacial score (nSPS) is 14.7. The van der Waals surface area contributed by atoms with Crippen LogP contribution < -0.4 is 5.09 Å². The number of rotatable bonds is 14. The summed E-state index contributed by atoms with van der Waals surface area (Å²) in [5.41, 5.74) is 0.918. The molecule has 0 saturated heterocycles. The fraction of sp³-hybridized carbons (Fsp3) is 0.611. The summed E-state index contributed by atoms with van der Waals surface area (Å²) in [5.74, 6) is 0.0255. The van der Waals surface area contributed by atoms with Gasteiger partial charge in [0.05, 0.1) is 13.7 Å². The van der Waals surface area contributed by atoms with Gasteiger partial charge in [-0.3, -0.25) is 9.36 Å². The molecule has 1 N–H and O–H groups in total. The third-order valence-electron chi connectivity index (χ3n) is 3.91. The van der Waals surface area contributed by atoms with Crippen molar-refractivity contribution in [3.8, 4) is 0 Å². The average molecular weight is 439 g/mol. The molecule has 1 aromatic carbocycles. The third kappa shape index (κ3) is 8.51. The van der Waals surface area contributed by atoms with E-state index in [-0.39, 0.29) is 11.8 Å². The molecule has 0 radical (unpaired) electrons. The van der Waals surface area contributed by atoms with Crippen LogP contribution in [0.15, 0.2) is 30.3 Å². The Morgan fingerprint density at radius 3 is 2.37 bits per heavy atom. The molecule has 2 atom stereocenters. The summed E-state index contributed by atoms with van der Waals surface area (Å²) in [7, 11) is -2.23. The van der Waals surface area contributed by atoms with Crippen molar-refractivity contribution in [3.63, 3.8) is 0 Å². The number of ether oxygens (including phenoxy) is 1. The number of nitrogens with one attached hydrogen (secondary N) is 1. The Morgan fingerprint density at radius 1 is 1.22 bits per heavy atom. The summed E-state index contributed by atoms with van der Waals surface area (Å²) in [6, 6.07) is 8.64. The molecule has 0 aromatic heterocycles. The average Bonchev–Trinajstić information content (AvgIpc) is 2.67. The number of carbonyl (C=O) groups is 1. The smallest absolute Gasteiger partial charge is 0.344 e. The molecule has 2 unspecified atom stereocenters. The van der Waals surface area contributed by atoms with Crippen molar-refractivity contribution in [2.45, 2.75) is 32.2 Å². The lowest BCUT2D eigenvalue weighted by Crippen LogP contribution is -2.43. The van der Waals surface area contributed by atoms with E-state index in [1.807, 2.05) is 37.3 Å². The van der Waals surface area contributed by atoms with E-state index in [1.54, 1.807) is 4.67 Å². The Kier molecular flexibility index (Phi) is 12.2. The van der Waals surface area contributed by atoms with Gasteiger partial charge in [0, 0.05) is 24.8 Å². The third-order valence-corrected chi connectivity index (χ3v) is 6.56. The molecule has 0 spiro atoms. The van der Waals surface area contributed by atoms with Crippen LogP contribution in [0.4, 0.5) is 0 Å². The Hall–Kier alpha value is -0.620. The van der Waals surface area contributed by atoms with E-state index in [0.29, 0.717) is 26.1 Å². The zero-order chi connectivity index (χ0) is 20.1. The van der Waals surface area contributed by atoms with E-state index < -0.39 is 19.7 Å². The van der Waals surface area contributed by atoms with Crippen LogP contribution in [0, 0.1) is 0 Å². The molecule has 0 fully saturated rings. The second-order valence-corrected chi connectivity index (χ2v) is 8.81. The minimum atomic E-state index is -3.54. The molecular weight excluding hydrogens is 410 g/mol. The fourth-order valence-corrected chi connectivity index (χ4v) is 5.21. The van der Waals surface area contributed by atoms with Gasteiger partial charge in [0.2, 0.25) is 0 Å². The van der Waals surface area contributed by atoms with Crippen LogP contribution in [0.3, 0.4) is 0 Å². The van der Waals surface area contributed by atoms with Crippen LogP contribution in [0.25, 0.3) is 0 Å². The summed E-state index contributed by atoms with van der Waals surface area (Å²) < 4.78 is 25.9. The van der Waals surface area contributed by atoms with Crippen LogP contribution in [0.5, 0.6) is 0 Å². The summed E-state index contributed by atoms with van der Waals surface area (Å²) in [6.45, 7) is 2.97. The number of benzene rings is 1. The van der Waals surface area contributed by atoms with E-state index in [1.165, 1.54) is 7.11 Å². The summed E-state index contributed by atoms with van der Waals surface area (Å²) in [6.07, 6.45) is 1.97. The van der Waals surface area contributed by atoms with Crippen molar-refractivity contribution in [1.29, 1.82) is 0 Å².